The minimum atomic E-state index is -4.61. The molecule has 7 nitrogen and oxygen atoms in total. The number of imidazole rings is 1. The van der Waals surface area contributed by atoms with Gasteiger partial charge in [-0.1, -0.05) is 51.1 Å². The Balaban J connectivity index is 2.02. The highest BCUT2D eigenvalue weighted by Crippen LogP contribution is 2.35. The maximum Gasteiger partial charge on any atom is 0.449 e. The fourth-order valence-corrected chi connectivity index (χ4v) is 3.86. The smallest absolute Gasteiger partial charge is 0.449 e. The van der Waals surface area contributed by atoms with Gasteiger partial charge in [0.25, 0.3) is 0 Å². The number of alkyl halides is 4. The number of nitrogens with zero attached hydrogens (tertiary/aromatic N) is 2. The van der Waals surface area contributed by atoms with Gasteiger partial charge in [0.05, 0.1) is 18.3 Å². The number of hydrogen-bond donors (Lipinski definition) is 2. The van der Waals surface area contributed by atoms with Crippen molar-refractivity contribution in [1.82, 2.24) is 14.9 Å². The van der Waals surface area contributed by atoms with E-state index in [4.69, 9.17) is 19.9 Å². The second kappa shape index (κ2) is 11.5. The molecule has 3 atom stereocenters. The molecule has 202 valence electrons. The van der Waals surface area contributed by atoms with E-state index >= 15 is 0 Å². The Bertz CT molecular complexity index is 1170. The highest BCUT2D eigenvalue weighted by molar-refractivity contribution is 5.81. The normalized spacial score (nSPS) is 14.8. The number of halogens is 4. The number of methoxy groups -OCH3 is 1. The van der Waals surface area contributed by atoms with Crippen molar-refractivity contribution in [2.45, 2.75) is 58.2 Å². The maximum absolute atomic E-state index is 13.9. The van der Waals surface area contributed by atoms with E-state index < -0.39 is 41.6 Å². The highest BCUT2D eigenvalue weighted by Gasteiger charge is 2.36. The Morgan fingerprint density at radius 2 is 1.84 bits per heavy atom. The number of amides is 1. The van der Waals surface area contributed by atoms with Gasteiger partial charge in [0.2, 0.25) is 11.7 Å². The number of aromatic nitrogens is 2. The van der Waals surface area contributed by atoms with Crippen LogP contribution in [0, 0.1) is 5.41 Å². The predicted octanol–water partition coefficient (Wildman–Crippen LogP) is 5.12. The maximum atomic E-state index is 13.9. The molecule has 0 radical (unpaired) electrons. The lowest BCUT2D eigenvalue weighted by atomic mass is 9.85. The number of hydrogen-bond acceptors (Lipinski definition) is 5. The van der Waals surface area contributed by atoms with Crippen LogP contribution in [0.3, 0.4) is 0 Å². The largest absolute Gasteiger partial charge is 0.455 e. The third-order valence-electron chi connectivity index (χ3n) is 5.86. The Morgan fingerprint density at radius 3 is 2.38 bits per heavy atom. The topological polar surface area (TPSA) is 95.3 Å². The van der Waals surface area contributed by atoms with Gasteiger partial charge in [-0.25, -0.2) is 9.37 Å². The number of rotatable bonds is 10. The molecule has 1 aromatic carbocycles. The van der Waals surface area contributed by atoms with Gasteiger partial charge in [0.1, 0.15) is 23.9 Å². The van der Waals surface area contributed by atoms with Gasteiger partial charge in [-0.15, -0.1) is 0 Å². The van der Waals surface area contributed by atoms with Crippen LogP contribution < -0.4 is 11.1 Å². The number of benzene rings is 1. The average molecular weight is 525 g/mol. The van der Waals surface area contributed by atoms with Crippen molar-refractivity contribution in [2.24, 2.45) is 11.1 Å². The molecule has 1 amide bonds. The van der Waals surface area contributed by atoms with E-state index in [0.717, 1.165) is 11.6 Å². The molecule has 2 heterocycles. The van der Waals surface area contributed by atoms with Crippen LogP contribution in [-0.2, 0) is 22.3 Å². The number of nitrogens with two attached hydrogens (primary N) is 1. The molecular formula is C26H32F4N4O3. The predicted molar refractivity (Wildman–Crippen MR) is 130 cm³/mol. The SMILES string of the molecule is COC(C[C@H](F)CN)C(=O)N[C@@H](c1nc(-c2ccccc2)cn1Cc1ccc(C(F)(F)F)o1)C(C)(C)C. The Hall–Kier alpha value is -3.18. The number of ether oxygens (including phenoxy) is 1. The zero-order valence-corrected chi connectivity index (χ0v) is 21.2. The van der Waals surface area contributed by atoms with Crippen LogP contribution in [0.4, 0.5) is 17.6 Å². The molecule has 0 saturated carbocycles. The van der Waals surface area contributed by atoms with Gasteiger partial charge in [0.15, 0.2) is 0 Å². The van der Waals surface area contributed by atoms with Gasteiger partial charge in [-0.3, -0.25) is 4.79 Å². The van der Waals surface area contributed by atoms with Crippen LogP contribution in [0.1, 0.15) is 50.6 Å². The molecule has 11 heteroatoms. The summed E-state index contributed by atoms with van der Waals surface area (Å²) in [5, 5.41) is 2.91. The van der Waals surface area contributed by atoms with Gasteiger partial charge >= 0.3 is 6.18 Å². The van der Waals surface area contributed by atoms with Gasteiger partial charge < -0.3 is 24.8 Å². The Kier molecular flexibility index (Phi) is 8.80. The van der Waals surface area contributed by atoms with Gasteiger partial charge in [-0.05, 0) is 17.5 Å². The van der Waals surface area contributed by atoms with Crippen molar-refractivity contribution in [2.75, 3.05) is 13.7 Å². The van der Waals surface area contributed by atoms with E-state index in [-0.39, 0.29) is 25.3 Å². The van der Waals surface area contributed by atoms with Crippen LogP contribution in [0.25, 0.3) is 11.3 Å². The van der Waals surface area contributed by atoms with E-state index in [1.165, 1.54) is 13.2 Å². The molecule has 3 aromatic rings. The first kappa shape index (κ1) is 28.4. The van der Waals surface area contributed by atoms with Crippen LogP contribution in [-0.4, -0.2) is 41.4 Å². The molecule has 0 aliphatic carbocycles. The molecule has 0 aliphatic heterocycles. The Morgan fingerprint density at radius 1 is 1.16 bits per heavy atom. The highest BCUT2D eigenvalue weighted by atomic mass is 19.4. The number of furan rings is 1. The van der Waals surface area contributed by atoms with Crippen molar-refractivity contribution in [3.05, 3.63) is 66.0 Å². The van der Waals surface area contributed by atoms with E-state index in [0.29, 0.717) is 11.5 Å². The molecule has 0 fully saturated rings. The summed E-state index contributed by atoms with van der Waals surface area (Å²) in [7, 11) is 1.31. The van der Waals surface area contributed by atoms with Crippen molar-refractivity contribution in [3.63, 3.8) is 0 Å². The summed E-state index contributed by atoms with van der Waals surface area (Å²) in [6, 6.07) is 10.7. The molecule has 3 N–H and O–H groups in total. The second-order valence-corrected chi connectivity index (χ2v) is 9.84. The standard InChI is InChI=1S/C26H32F4N4O3/c1-25(2,3)22(33-24(35)20(36-4)12-17(27)13-31)23-32-19(16-8-6-5-7-9-16)15-34(23)14-18-10-11-21(37-18)26(28,29)30/h5-11,15,17,20,22H,12-14,31H2,1-4H3,(H,33,35)/t17-,20?,22-/m0/s1. The van der Waals surface area contributed by atoms with Gasteiger partial charge in [0, 0.05) is 31.8 Å². The molecule has 1 unspecified atom stereocenters. The first-order valence-electron chi connectivity index (χ1n) is 11.8. The molecule has 0 aliphatic rings. The van der Waals surface area contributed by atoms with Crippen LogP contribution in [0.15, 0.2) is 53.1 Å². The zero-order valence-electron chi connectivity index (χ0n) is 21.2. The Labute approximate surface area is 213 Å². The lowest BCUT2D eigenvalue weighted by Gasteiger charge is -2.32. The molecule has 3 rings (SSSR count). The summed E-state index contributed by atoms with van der Waals surface area (Å²) in [5.41, 5.74) is 6.13. The summed E-state index contributed by atoms with van der Waals surface area (Å²) < 4.78 is 65.1. The zero-order chi connectivity index (χ0) is 27.4. The summed E-state index contributed by atoms with van der Waals surface area (Å²) >= 11 is 0. The summed E-state index contributed by atoms with van der Waals surface area (Å²) in [5.74, 6) is -1.18. The fourth-order valence-electron chi connectivity index (χ4n) is 3.86. The lowest BCUT2D eigenvalue weighted by molar-refractivity contribution is -0.153. The summed E-state index contributed by atoms with van der Waals surface area (Å²) in [6.45, 7) is 5.35. The van der Waals surface area contributed by atoms with Crippen molar-refractivity contribution in [1.29, 1.82) is 0 Å². The van der Waals surface area contributed by atoms with E-state index in [9.17, 15) is 22.4 Å². The molecule has 0 spiro atoms. The number of nitrogens with one attached hydrogen (secondary N) is 1. The number of carbonyl (C=O) groups is 1. The quantitative estimate of drug-likeness (QED) is 0.359. The minimum absolute atomic E-state index is 0.0544. The van der Waals surface area contributed by atoms with Crippen LogP contribution >= 0.6 is 0 Å². The van der Waals surface area contributed by atoms with Crippen molar-refractivity contribution in [3.8, 4) is 11.3 Å². The minimum Gasteiger partial charge on any atom is -0.455 e. The van der Waals surface area contributed by atoms with E-state index in [2.05, 4.69) is 5.32 Å². The molecule has 0 bridgehead atoms. The summed E-state index contributed by atoms with van der Waals surface area (Å²) in [6.07, 6.45) is -5.63. The monoisotopic (exact) mass is 524 g/mol. The third-order valence-corrected chi connectivity index (χ3v) is 5.86. The first-order chi connectivity index (χ1) is 17.3. The second-order valence-electron chi connectivity index (χ2n) is 9.84. The lowest BCUT2D eigenvalue weighted by Crippen LogP contribution is -2.45. The first-order valence-corrected chi connectivity index (χ1v) is 11.8. The van der Waals surface area contributed by atoms with E-state index in [1.807, 2.05) is 51.1 Å². The fraction of sp³-hybridized carbons (Fsp3) is 0.462. The van der Waals surface area contributed by atoms with Crippen molar-refractivity contribution < 1.29 is 31.5 Å². The van der Waals surface area contributed by atoms with Crippen molar-refractivity contribution >= 4 is 5.91 Å². The molecule has 2 aromatic heterocycles. The molecule has 0 saturated heterocycles. The van der Waals surface area contributed by atoms with Crippen LogP contribution in [0.2, 0.25) is 0 Å². The summed E-state index contributed by atoms with van der Waals surface area (Å²) in [4.78, 5) is 17.9. The molecular weight excluding hydrogens is 492 g/mol. The molecule has 37 heavy (non-hydrogen) atoms. The van der Waals surface area contributed by atoms with Crippen LogP contribution in [0.5, 0.6) is 0 Å². The average Bonchev–Trinajstić information content (AvgIpc) is 3.48. The number of carbonyl (C=O) groups excluding carboxylic acids is 1. The van der Waals surface area contributed by atoms with Gasteiger partial charge in [-0.2, -0.15) is 13.2 Å². The third kappa shape index (κ3) is 7.20. The van der Waals surface area contributed by atoms with E-state index in [1.54, 1.807) is 10.8 Å².